The van der Waals surface area contributed by atoms with Crippen LogP contribution in [0.15, 0.2) is 42.5 Å². The van der Waals surface area contributed by atoms with Gasteiger partial charge in [-0.15, -0.1) is 11.3 Å². The summed E-state index contributed by atoms with van der Waals surface area (Å²) in [7, 11) is 1.26. The van der Waals surface area contributed by atoms with E-state index < -0.39 is 30.3 Å². The van der Waals surface area contributed by atoms with Crippen LogP contribution >= 0.6 is 11.3 Å². The number of hydrogen-bond donors (Lipinski definition) is 1. The number of benzene rings is 2. The van der Waals surface area contributed by atoms with Crippen LogP contribution in [0.2, 0.25) is 0 Å². The van der Waals surface area contributed by atoms with Gasteiger partial charge in [-0.2, -0.15) is 0 Å². The van der Waals surface area contributed by atoms with Crippen molar-refractivity contribution in [1.82, 2.24) is 0 Å². The molecule has 144 valence electrons. The number of anilines is 1. The van der Waals surface area contributed by atoms with Crippen LogP contribution in [0, 0.1) is 12.7 Å². The molecule has 0 unspecified atom stereocenters. The van der Waals surface area contributed by atoms with E-state index in [1.54, 1.807) is 31.2 Å². The maximum atomic E-state index is 13.7. The van der Waals surface area contributed by atoms with Crippen LogP contribution < -0.4 is 5.32 Å². The number of esters is 2. The Bertz CT molecular complexity index is 1080. The number of amides is 1. The zero-order chi connectivity index (χ0) is 20.3. The first-order valence-electron chi connectivity index (χ1n) is 8.23. The van der Waals surface area contributed by atoms with Gasteiger partial charge in [-0.1, -0.05) is 12.1 Å². The molecule has 0 atom stereocenters. The number of rotatable bonds is 5. The molecule has 0 saturated carbocycles. The SMILES string of the molecule is COC(=O)c1ccc(C)c(NC(=O)COC(=O)c2cc3c(F)cccc3s2)c1. The highest BCUT2D eigenvalue weighted by Crippen LogP contribution is 2.28. The zero-order valence-electron chi connectivity index (χ0n) is 15.1. The second kappa shape index (κ2) is 8.18. The van der Waals surface area contributed by atoms with Gasteiger partial charge < -0.3 is 14.8 Å². The smallest absolute Gasteiger partial charge is 0.348 e. The fraction of sp³-hybridized carbons (Fsp3) is 0.150. The third-order valence-electron chi connectivity index (χ3n) is 3.98. The Hall–Kier alpha value is -3.26. The van der Waals surface area contributed by atoms with Crippen LogP contribution in [0.25, 0.3) is 10.1 Å². The van der Waals surface area contributed by atoms with E-state index in [1.807, 2.05) is 0 Å². The fourth-order valence-corrected chi connectivity index (χ4v) is 3.48. The molecule has 2 aromatic carbocycles. The van der Waals surface area contributed by atoms with E-state index in [9.17, 15) is 18.8 Å². The van der Waals surface area contributed by atoms with Gasteiger partial charge in [0.2, 0.25) is 0 Å². The van der Waals surface area contributed by atoms with Gasteiger partial charge in [-0.3, -0.25) is 4.79 Å². The highest BCUT2D eigenvalue weighted by Gasteiger charge is 2.16. The lowest BCUT2D eigenvalue weighted by molar-refractivity contribution is -0.119. The van der Waals surface area contributed by atoms with E-state index in [-0.39, 0.29) is 10.4 Å². The predicted molar refractivity (Wildman–Crippen MR) is 103 cm³/mol. The lowest BCUT2D eigenvalue weighted by atomic mass is 10.1. The van der Waals surface area contributed by atoms with E-state index in [0.29, 0.717) is 15.8 Å². The molecule has 0 radical (unpaired) electrons. The molecular weight excluding hydrogens is 385 g/mol. The van der Waals surface area contributed by atoms with E-state index in [0.717, 1.165) is 16.9 Å². The second-order valence-electron chi connectivity index (χ2n) is 5.91. The number of carbonyl (C=O) groups excluding carboxylic acids is 3. The summed E-state index contributed by atoms with van der Waals surface area (Å²) in [6.45, 7) is 1.24. The van der Waals surface area contributed by atoms with Crippen LogP contribution in [0.5, 0.6) is 0 Å². The van der Waals surface area contributed by atoms with Crippen molar-refractivity contribution in [1.29, 1.82) is 0 Å². The summed E-state index contributed by atoms with van der Waals surface area (Å²) < 4.78 is 24.0. The molecular formula is C20H16FNO5S. The van der Waals surface area contributed by atoms with Crippen molar-refractivity contribution in [3.8, 4) is 0 Å². The number of methoxy groups -OCH3 is 1. The fourth-order valence-electron chi connectivity index (χ4n) is 2.52. The lowest BCUT2D eigenvalue weighted by Crippen LogP contribution is -2.21. The van der Waals surface area contributed by atoms with Crippen LogP contribution in [0.4, 0.5) is 10.1 Å². The van der Waals surface area contributed by atoms with Gasteiger partial charge >= 0.3 is 11.9 Å². The summed E-state index contributed by atoms with van der Waals surface area (Å²) >= 11 is 1.09. The molecule has 3 aromatic rings. The lowest BCUT2D eigenvalue weighted by Gasteiger charge is -2.10. The summed E-state index contributed by atoms with van der Waals surface area (Å²) in [5.41, 5.74) is 1.42. The van der Waals surface area contributed by atoms with Gasteiger partial charge in [0.15, 0.2) is 6.61 Å². The van der Waals surface area contributed by atoms with Gasteiger partial charge in [0, 0.05) is 15.8 Å². The number of aryl methyl sites for hydroxylation is 1. The number of ether oxygens (including phenoxy) is 2. The maximum Gasteiger partial charge on any atom is 0.348 e. The molecule has 8 heteroatoms. The Kier molecular flexibility index (Phi) is 5.70. The number of nitrogens with one attached hydrogen (secondary N) is 1. The van der Waals surface area contributed by atoms with Gasteiger partial charge in [0.25, 0.3) is 5.91 Å². The van der Waals surface area contributed by atoms with Crippen LogP contribution in [-0.2, 0) is 14.3 Å². The highest BCUT2D eigenvalue weighted by atomic mass is 32.1. The van der Waals surface area contributed by atoms with Crippen molar-refractivity contribution in [2.75, 3.05) is 19.0 Å². The van der Waals surface area contributed by atoms with Crippen LogP contribution in [0.1, 0.15) is 25.6 Å². The molecule has 0 saturated heterocycles. The standard InChI is InChI=1S/C20H16FNO5S/c1-11-6-7-12(19(24)26-2)8-15(11)22-18(23)10-27-20(25)17-9-13-14(21)4-3-5-16(13)28-17/h3-9H,10H2,1-2H3,(H,22,23). The average Bonchev–Trinajstić information content (AvgIpc) is 3.13. The molecule has 1 amide bonds. The van der Waals surface area contributed by atoms with Crippen molar-refractivity contribution in [2.24, 2.45) is 0 Å². The molecule has 1 N–H and O–H groups in total. The van der Waals surface area contributed by atoms with E-state index in [2.05, 4.69) is 10.1 Å². The van der Waals surface area contributed by atoms with Crippen molar-refractivity contribution in [2.45, 2.75) is 6.92 Å². The first-order chi connectivity index (χ1) is 13.4. The Morgan fingerprint density at radius 2 is 1.89 bits per heavy atom. The molecule has 0 spiro atoms. The highest BCUT2D eigenvalue weighted by molar-refractivity contribution is 7.20. The first kappa shape index (κ1) is 19.5. The molecule has 0 bridgehead atoms. The number of hydrogen-bond acceptors (Lipinski definition) is 6. The minimum absolute atomic E-state index is 0.205. The number of thiophene rings is 1. The van der Waals surface area contributed by atoms with Crippen molar-refractivity contribution in [3.63, 3.8) is 0 Å². The molecule has 1 heterocycles. The Labute approximate surface area is 163 Å². The van der Waals surface area contributed by atoms with Gasteiger partial charge in [-0.05, 0) is 42.8 Å². The maximum absolute atomic E-state index is 13.7. The molecule has 0 fully saturated rings. The van der Waals surface area contributed by atoms with E-state index in [1.165, 1.54) is 25.3 Å². The number of fused-ring (bicyclic) bond motifs is 1. The van der Waals surface area contributed by atoms with Crippen LogP contribution in [-0.4, -0.2) is 31.6 Å². The molecule has 0 aliphatic rings. The summed E-state index contributed by atoms with van der Waals surface area (Å²) in [5, 5.41) is 2.92. The Morgan fingerprint density at radius 1 is 1.11 bits per heavy atom. The van der Waals surface area contributed by atoms with Gasteiger partial charge in [0.1, 0.15) is 10.7 Å². The Morgan fingerprint density at radius 3 is 2.61 bits per heavy atom. The average molecular weight is 401 g/mol. The molecule has 28 heavy (non-hydrogen) atoms. The third-order valence-corrected chi connectivity index (χ3v) is 5.06. The van der Waals surface area contributed by atoms with E-state index >= 15 is 0 Å². The summed E-state index contributed by atoms with van der Waals surface area (Å²) in [4.78, 5) is 36.1. The molecule has 1 aromatic heterocycles. The van der Waals surface area contributed by atoms with Gasteiger partial charge in [0.05, 0.1) is 12.7 Å². The predicted octanol–water partition coefficient (Wildman–Crippen LogP) is 3.93. The molecule has 0 aliphatic heterocycles. The van der Waals surface area contributed by atoms with Crippen molar-refractivity contribution < 1.29 is 28.2 Å². The second-order valence-corrected chi connectivity index (χ2v) is 6.99. The number of carbonyl (C=O) groups is 3. The monoisotopic (exact) mass is 401 g/mol. The summed E-state index contributed by atoms with van der Waals surface area (Å²) in [6.07, 6.45) is 0. The zero-order valence-corrected chi connectivity index (χ0v) is 15.9. The Balaban J connectivity index is 1.64. The quantitative estimate of drug-likeness (QED) is 0.655. The first-order valence-corrected chi connectivity index (χ1v) is 9.04. The van der Waals surface area contributed by atoms with E-state index in [4.69, 9.17) is 4.74 Å². The van der Waals surface area contributed by atoms with Gasteiger partial charge in [-0.25, -0.2) is 14.0 Å². The van der Waals surface area contributed by atoms with Crippen LogP contribution in [0.3, 0.4) is 0 Å². The molecule has 3 rings (SSSR count). The minimum Gasteiger partial charge on any atom is -0.465 e. The largest absolute Gasteiger partial charge is 0.465 e. The van der Waals surface area contributed by atoms with Crippen molar-refractivity contribution in [3.05, 3.63) is 64.3 Å². The minimum atomic E-state index is -0.712. The topological polar surface area (TPSA) is 81.7 Å². The summed E-state index contributed by atoms with van der Waals surface area (Å²) in [5.74, 6) is -2.23. The number of halogens is 1. The third kappa shape index (κ3) is 4.17. The molecule has 6 nitrogen and oxygen atoms in total. The molecule has 0 aliphatic carbocycles. The van der Waals surface area contributed by atoms with Crippen molar-refractivity contribution >= 4 is 45.0 Å². The normalized spacial score (nSPS) is 10.5. The summed E-state index contributed by atoms with van der Waals surface area (Å²) in [6, 6.07) is 10.7.